The van der Waals surface area contributed by atoms with E-state index in [1.165, 1.54) is 0 Å². The molecule has 1 amide bonds. The first-order valence-corrected chi connectivity index (χ1v) is 7.05. The minimum atomic E-state index is -0.204. The Balaban J connectivity index is 2.60. The van der Waals surface area contributed by atoms with Crippen LogP contribution in [-0.2, 0) is 4.79 Å². The van der Waals surface area contributed by atoms with Gasteiger partial charge >= 0.3 is 0 Å². The van der Waals surface area contributed by atoms with Crippen LogP contribution in [0.25, 0.3) is 0 Å². The fourth-order valence-electron chi connectivity index (χ4n) is 1.81. The lowest BCUT2D eigenvalue weighted by Gasteiger charge is -2.20. The number of hydrogen-bond donors (Lipinski definition) is 3. The van der Waals surface area contributed by atoms with E-state index in [0.29, 0.717) is 18.0 Å². The number of amides is 1. The molecule has 0 saturated heterocycles. The van der Waals surface area contributed by atoms with Crippen molar-refractivity contribution in [3.05, 3.63) is 29.3 Å². The number of nitrogens with two attached hydrogens (primary N) is 1. The van der Waals surface area contributed by atoms with Gasteiger partial charge in [0.1, 0.15) is 4.99 Å². The van der Waals surface area contributed by atoms with E-state index in [9.17, 15) is 4.79 Å². The van der Waals surface area contributed by atoms with Gasteiger partial charge in [-0.05, 0) is 45.4 Å². The molecule has 0 unspecified atom stereocenters. The van der Waals surface area contributed by atoms with E-state index in [0.717, 1.165) is 16.8 Å². The summed E-state index contributed by atoms with van der Waals surface area (Å²) in [6.45, 7) is 8.43. The van der Waals surface area contributed by atoms with E-state index in [2.05, 4.69) is 10.6 Å². The molecule has 0 fully saturated rings. The summed E-state index contributed by atoms with van der Waals surface area (Å²) in [6.07, 6.45) is 0.405. The van der Waals surface area contributed by atoms with Crippen LogP contribution in [0.5, 0.6) is 0 Å². The molecule has 4 nitrogen and oxygen atoms in total. The number of benzene rings is 1. The van der Waals surface area contributed by atoms with E-state index >= 15 is 0 Å². The van der Waals surface area contributed by atoms with Crippen LogP contribution < -0.4 is 16.4 Å². The van der Waals surface area contributed by atoms with Crippen molar-refractivity contribution in [2.24, 2.45) is 5.73 Å². The van der Waals surface area contributed by atoms with Gasteiger partial charge in [0.25, 0.3) is 0 Å². The molecule has 0 aliphatic rings. The third-order valence-electron chi connectivity index (χ3n) is 2.62. The van der Waals surface area contributed by atoms with Gasteiger partial charge in [0.2, 0.25) is 5.91 Å². The largest absolute Gasteiger partial charge is 0.389 e. The van der Waals surface area contributed by atoms with Crippen molar-refractivity contribution in [2.45, 2.75) is 39.7 Å². The Morgan fingerprint density at radius 1 is 1.35 bits per heavy atom. The fraction of sp³-hybridized carbons (Fsp3) is 0.467. The number of carbonyl (C=O) groups excluding carboxylic acids is 1. The highest BCUT2D eigenvalue weighted by molar-refractivity contribution is 7.80. The van der Waals surface area contributed by atoms with Gasteiger partial charge in [-0.3, -0.25) is 4.79 Å². The summed E-state index contributed by atoms with van der Waals surface area (Å²) in [6, 6.07) is 5.84. The quantitative estimate of drug-likeness (QED) is 0.729. The number of aryl methyl sites for hydroxylation is 1. The lowest BCUT2D eigenvalue weighted by molar-refractivity contribution is -0.122. The number of anilines is 1. The molecule has 0 atom stereocenters. The maximum atomic E-state index is 11.7. The summed E-state index contributed by atoms with van der Waals surface area (Å²) in [7, 11) is 0. The highest BCUT2D eigenvalue weighted by Crippen LogP contribution is 2.17. The van der Waals surface area contributed by atoms with Crippen molar-refractivity contribution in [1.29, 1.82) is 0 Å². The Kier molecular flexibility index (Phi) is 5.51. The molecule has 0 bridgehead atoms. The molecular formula is C15H23N3OS. The van der Waals surface area contributed by atoms with Gasteiger partial charge in [-0.15, -0.1) is 0 Å². The minimum Gasteiger partial charge on any atom is -0.389 e. The topological polar surface area (TPSA) is 67.1 Å². The third kappa shape index (κ3) is 5.57. The minimum absolute atomic E-state index is 0.0227. The summed E-state index contributed by atoms with van der Waals surface area (Å²) in [5.41, 5.74) is 8.29. The van der Waals surface area contributed by atoms with Crippen LogP contribution in [0.1, 0.15) is 38.3 Å². The van der Waals surface area contributed by atoms with Crippen molar-refractivity contribution in [1.82, 2.24) is 5.32 Å². The predicted molar refractivity (Wildman–Crippen MR) is 88.1 cm³/mol. The number of nitrogens with one attached hydrogen (secondary N) is 2. The summed E-state index contributed by atoms with van der Waals surface area (Å²) in [5, 5.41) is 6.15. The van der Waals surface area contributed by atoms with Crippen molar-refractivity contribution in [3.8, 4) is 0 Å². The van der Waals surface area contributed by atoms with Gasteiger partial charge in [-0.25, -0.2) is 0 Å². The average molecular weight is 293 g/mol. The summed E-state index contributed by atoms with van der Waals surface area (Å²) in [5.74, 6) is 0.0227. The highest BCUT2D eigenvalue weighted by atomic mass is 32.1. The Morgan fingerprint density at radius 3 is 2.55 bits per heavy atom. The number of hydrogen-bond acceptors (Lipinski definition) is 3. The second-order valence-electron chi connectivity index (χ2n) is 5.89. The van der Waals surface area contributed by atoms with Crippen molar-refractivity contribution >= 4 is 28.8 Å². The Hall–Kier alpha value is -1.62. The van der Waals surface area contributed by atoms with E-state index in [1.807, 2.05) is 45.9 Å². The van der Waals surface area contributed by atoms with Crippen LogP contribution in [0.15, 0.2) is 18.2 Å². The Morgan fingerprint density at radius 2 is 2.00 bits per heavy atom. The van der Waals surface area contributed by atoms with Crippen molar-refractivity contribution in [3.63, 3.8) is 0 Å². The molecular weight excluding hydrogens is 270 g/mol. The normalized spacial score (nSPS) is 11.0. The van der Waals surface area contributed by atoms with E-state index in [1.54, 1.807) is 0 Å². The van der Waals surface area contributed by atoms with Crippen LogP contribution in [0, 0.1) is 6.92 Å². The number of thiocarbonyl (C=S) groups is 1. The molecule has 0 spiro atoms. The lowest BCUT2D eigenvalue weighted by atomic mass is 10.1. The number of rotatable bonds is 5. The van der Waals surface area contributed by atoms with E-state index in [-0.39, 0.29) is 11.4 Å². The molecule has 0 heterocycles. The van der Waals surface area contributed by atoms with Crippen LogP contribution in [0.3, 0.4) is 0 Å². The first-order valence-electron chi connectivity index (χ1n) is 6.64. The maximum Gasteiger partial charge on any atom is 0.222 e. The molecule has 0 aliphatic carbocycles. The van der Waals surface area contributed by atoms with Gasteiger partial charge in [0.15, 0.2) is 0 Å². The molecule has 0 aromatic heterocycles. The van der Waals surface area contributed by atoms with Crippen LogP contribution in [0.2, 0.25) is 0 Å². The molecule has 0 aliphatic heterocycles. The first-order chi connectivity index (χ1) is 9.19. The third-order valence-corrected chi connectivity index (χ3v) is 2.84. The standard InChI is InChI=1S/C15H23N3OS/c1-10-5-6-11(14(16)20)12(9-10)17-8-7-13(19)18-15(2,3)4/h5-6,9,17H,7-8H2,1-4H3,(H2,16,20)(H,18,19). The van der Waals surface area contributed by atoms with Crippen LogP contribution in [-0.4, -0.2) is 23.0 Å². The molecule has 1 aromatic rings. The molecule has 0 radical (unpaired) electrons. The zero-order valence-electron chi connectivity index (χ0n) is 12.5. The molecule has 20 heavy (non-hydrogen) atoms. The molecule has 1 aromatic carbocycles. The van der Waals surface area contributed by atoms with Crippen LogP contribution in [0.4, 0.5) is 5.69 Å². The van der Waals surface area contributed by atoms with E-state index in [4.69, 9.17) is 18.0 Å². The molecule has 110 valence electrons. The van der Waals surface area contributed by atoms with E-state index < -0.39 is 0 Å². The maximum absolute atomic E-state index is 11.7. The molecule has 0 saturated carbocycles. The van der Waals surface area contributed by atoms with Gasteiger partial charge in [-0.1, -0.05) is 18.3 Å². The predicted octanol–water partition coefficient (Wildman–Crippen LogP) is 2.35. The molecule has 4 N–H and O–H groups in total. The summed E-state index contributed by atoms with van der Waals surface area (Å²) in [4.78, 5) is 12.1. The Bertz CT molecular complexity index is 506. The second kappa shape index (κ2) is 6.70. The second-order valence-corrected chi connectivity index (χ2v) is 6.33. The van der Waals surface area contributed by atoms with Gasteiger partial charge in [-0.2, -0.15) is 0 Å². The SMILES string of the molecule is Cc1ccc(C(N)=S)c(NCCC(=O)NC(C)(C)C)c1. The summed E-state index contributed by atoms with van der Waals surface area (Å²) < 4.78 is 0. The average Bonchev–Trinajstić information content (AvgIpc) is 2.26. The lowest BCUT2D eigenvalue weighted by Crippen LogP contribution is -2.41. The fourth-order valence-corrected chi connectivity index (χ4v) is 1.99. The van der Waals surface area contributed by atoms with Crippen LogP contribution >= 0.6 is 12.2 Å². The molecule has 1 rings (SSSR count). The van der Waals surface area contributed by atoms with Gasteiger partial charge in [0, 0.05) is 29.8 Å². The monoisotopic (exact) mass is 293 g/mol. The highest BCUT2D eigenvalue weighted by Gasteiger charge is 2.13. The van der Waals surface area contributed by atoms with Crippen molar-refractivity contribution in [2.75, 3.05) is 11.9 Å². The smallest absolute Gasteiger partial charge is 0.222 e. The Labute approximate surface area is 126 Å². The van der Waals surface area contributed by atoms with Crippen molar-refractivity contribution < 1.29 is 4.79 Å². The zero-order chi connectivity index (χ0) is 15.3. The number of carbonyl (C=O) groups is 1. The first kappa shape index (κ1) is 16.4. The van der Waals surface area contributed by atoms with Gasteiger partial charge in [0.05, 0.1) is 0 Å². The molecule has 5 heteroatoms. The zero-order valence-corrected chi connectivity index (χ0v) is 13.4. The summed E-state index contributed by atoms with van der Waals surface area (Å²) >= 11 is 5.02. The van der Waals surface area contributed by atoms with Gasteiger partial charge < -0.3 is 16.4 Å².